The van der Waals surface area contributed by atoms with Crippen LogP contribution in [0.25, 0.3) is 16.9 Å². The standard InChI is InChI=1S/C18H14ClN5O/c19-13-4-1-3-12(9-13)11-20-14-5-6-16-15(10-14)17(25)23-18(22-16)24-8-2-7-21-24/h1-10,20H,11H2,(H,22,23,25). The molecule has 6 nitrogen and oxygen atoms in total. The molecule has 0 amide bonds. The van der Waals surface area contributed by atoms with Gasteiger partial charge >= 0.3 is 0 Å². The van der Waals surface area contributed by atoms with Gasteiger partial charge in [0.05, 0.1) is 10.9 Å². The molecule has 0 aliphatic rings. The monoisotopic (exact) mass is 351 g/mol. The van der Waals surface area contributed by atoms with Crippen LogP contribution in [0.2, 0.25) is 5.02 Å². The number of fused-ring (bicyclic) bond motifs is 1. The van der Waals surface area contributed by atoms with Crippen molar-refractivity contribution < 1.29 is 0 Å². The number of aromatic nitrogens is 4. The molecule has 0 aliphatic carbocycles. The summed E-state index contributed by atoms with van der Waals surface area (Å²) in [7, 11) is 0. The van der Waals surface area contributed by atoms with Gasteiger partial charge in [-0.25, -0.2) is 9.67 Å². The third kappa shape index (κ3) is 3.25. The van der Waals surface area contributed by atoms with E-state index in [1.165, 1.54) is 4.68 Å². The summed E-state index contributed by atoms with van der Waals surface area (Å²) in [5.41, 5.74) is 2.31. The molecule has 0 aliphatic heterocycles. The smallest absolute Gasteiger partial charge is 0.260 e. The molecule has 2 N–H and O–H groups in total. The number of rotatable bonds is 4. The second kappa shape index (κ2) is 6.41. The normalized spacial score (nSPS) is 10.9. The van der Waals surface area contributed by atoms with Crippen LogP contribution in [0.4, 0.5) is 5.69 Å². The Bertz CT molecular complexity index is 1090. The fraction of sp³-hybridized carbons (Fsp3) is 0.0556. The highest BCUT2D eigenvalue weighted by molar-refractivity contribution is 6.30. The second-order valence-electron chi connectivity index (χ2n) is 5.56. The van der Waals surface area contributed by atoms with E-state index in [4.69, 9.17) is 11.6 Å². The van der Waals surface area contributed by atoms with Crippen molar-refractivity contribution in [3.8, 4) is 5.95 Å². The van der Waals surface area contributed by atoms with Gasteiger partial charge in [0.25, 0.3) is 5.56 Å². The first-order chi connectivity index (χ1) is 12.2. The van der Waals surface area contributed by atoms with Gasteiger partial charge in [0, 0.05) is 29.6 Å². The third-order valence-electron chi connectivity index (χ3n) is 3.80. The van der Waals surface area contributed by atoms with Crippen molar-refractivity contribution in [2.45, 2.75) is 6.54 Å². The summed E-state index contributed by atoms with van der Waals surface area (Å²) in [4.78, 5) is 19.6. The van der Waals surface area contributed by atoms with E-state index >= 15 is 0 Å². The van der Waals surface area contributed by atoms with Crippen LogP contribution >= 0.6 is 11.6 Å². The van der Waals surface area contributed by atoms with Gasteiger partial charge in [-0.1, -0.05) is 23.7 Å². The van der Waals surface area contributed by atoms with Gasteiger partial charge < -0.3 is 5.32 Å². The summed E-state index contributed by atoms with van der Waals surface area (Å²) in [6, 6.07) is 14.9. The molecule has 4 rings (SSSR count). The first-order valence-corrected chi connectivity index (χ1v) is 8.09. The van der Waals surface area contributed by atoms with Crippen LogP contribution in [0.15, 0.2) is 65.7 Å². The van der Waals surface area contributed by atoms with Gasteiger partial charge in [-0.3, -0.25) is 9.78 Å². The quantitative estimate of drug-likeness (QED) is 0.591. The average molecular weight is 352 g/mol. The summed E-state index contributed by atoms with van der Waals surface area (Å²) in [5, 5.41) is 8.59. The summed E-state index contributed by atoms with van der Waals surface area (Å²) in [5.74, 6) is 0.391. The highest BCUT2D eigenvalue weighted by Crippen LogP contribution is 2.17. The van der Waals surface area contributed by atoms with Crippen LogP contribution in [0.1, 0.15) is 5.56 Å². The Hall–Kier alpha value is -3.12. The van der Waals surface area contributed by atoms with Gasteiger partial charge in [0.15, 0.2) is 0 Å². The van der Waals surface area contributed by atoms with Crippen molar-refractivity contribution in [1.29, 1.82) is 0 Å². The van der Waals surface area contributed by atoms with Crippen molar-refractivity contribution in [3.63, 3.8) is 0 Å². The first-order valence-electron chi connectivity index (χ1n) is 7.71. The molecule has 4 aromatic rings. The molecule has 2 heterocycles. The number of hydrogen-bond acceptors (Lipinski definition) is 4. The van der Waals surface area contributed by atoms with E-state index in [0.717, 1.165) is 11.3 Å². The number of nitrogens with zero attached hydrogens (tertiary/aromatic N) is 3. The summed E-state index contributed by atoms with van der Waals surface area (Å²) in [6.07, 6.45) is 3.36. The molecule has 0 spiro atoms. The number of nitrogens with one attached hydrogen (secondary N) is 2. The number of benzene rings is 2. The number of halogens is 1. The Morgan fingerprint density at radius 2 is 2.08 bits per heavy atom. The minimum absolute atomic E-state index is 0.207. The molecule has 0 atom stereocenters. The van der Waals surface area contributed by atoms with Gasteiger partial charge in [-0.15, -0.1) is 0 Å². The van der Waals surface area contributed by atoms with Crippen molar-refractivity contribution in [2.24, 2.45) is 0 Å². The van der Waals surface area contributed by atoms with Gasteiger partial charge in [-0.05, 0) is 42.0 Å². The van der Waals surface area contributed by atoms with Crippen LogP contribution in [0.3, 0.4) is 0 Å². The molecule has 0 fully saturated rings. The van der Waals surface area contributed by atoms with E-state index in [1.807, 2.05) is 36.4 Å². The number of anilines is 1. The maximum atomic E-state index is 12.4. The molecule has 0 saturated carbocycles. The highest BCUT2D eigenvalue weighted by Gasteiger charge is 2.07. The van der Waals surface area contributed by atoms with E-state index in [1.54, 1.807) is 24.5 Å². The second-order valence-corrected chi connectivity index (χ2v) is 5.99. The number of aromatic amines is 1. The predicted molar refractivity (Wildman–Crippen MR) is 98.3 cm³/mol. The topological polar surface area (TPSA) is 75.6 Å². The molecule has 2 aromatic carbocycles. The number of H-pyrrole nitrogens is 1. The lowest BCUT2D eigenvalue weighted by Crippen LogP contribution is -2.14. The lowest BCUT2D eigenvalue weighted by molar-refractivity contribution is 0.810. The van der Waals surface area contributed by atoms with Crippen LogP contribution in [0.5, 0.6) is 0 Å². The highest BCUT2D eigenvalue weighted by atomic mass is 35.5. The van der Waals surface area contributed by atoms with Crippen molar-refractivity contribution in [2.75, 3.05) is 5.32 Å². The zero-order chi connectivity index (χ0) is 17.2. The Morgan fingerprint density at radius 1 is 1.16 bits per heavy atom. The third-order valence-corrected chi connectivity index (χ3v) is 4.04. The van der Waals surface area contributed by atoms with Crippen LogP contribution < -0.4 is 10.9 Å². The fourth-order valence-electron chi connectivity index (χ4n) is 2.59. The zero-order valence-electron chi connectivity index (χ0n) is 13.1. The lowest BCUT2D eigenvalue weighted by atomic mass is 10.2. The van der Waals surface area contributed by atoms with E-state index < -0.39 is 0 Å². The molecule has 0 saturated heterocycles. The first kappa shape index (κ1) is 15.4. The largest absolute Gasteiger partial charge is 0.381 e. The lowest BCUT2D eigenvalue weighted by Gasteiger charge is -2.08. The maximum absolute atomic E-state index is 12.4. The van der Waals surface area contributed by atoms with Crippen molar-refractivity contribution in [1.82, 2.24) is 19.7 Å². The van der Waals surface area contributed by atoms with Crippen molar-refractivity contribution in [3.05, 3.63) is 81.9 Å². The molecule has 25 heavy (non-hydrogen) atoms. The molecule has 7 heteroatoms. The Morgan fingerprint density at radius 3 is 2.88 bits per heavy atom. The SMILES string of the molecule is O=c1[nH]c(-n2cccn2)nc2ccc(NCc3cccc(Cl)c3)cc12. The predicted octanol–water partition coefficient (Wildman–Crippen LogP) is 3.37. The summed E-state index contributed by atoms with van der Waals surface area (Å²) >= 11 is 5.99. The summed E-state index contributed by atoms with van der Waals surface area (Å²) < 4.78 is 1.52. The maximum Gasteiger partial charge on any atom is 0.260 e. The van der Waals surface area contributed by atoms with E-state index in [-0.39, 0.29) is 5.56 Å². The Labute approximate surface area is 148 Å². The van der Waals surface area contributed by atoms with Crippen LogP contribution in [-0.2, 0) is 6.54 Å². The molecular formula is C18H14ClN5O. The van der Waals surface area contributed by atoms with Crippen LogP contribution in [0, 0.1) is 0 Å². The van der Waals surface area contributed by atoms with E-state index in [9.17, 15) is 4.79 Å². The van der Waals surface area contributed by atoms with Gasteiger partial charge in [0.1, 0.15) is 0 Å². The van der Waals surface area contributed by atoms with Crippen LogP contribution in [-0.4, -0.2) is 19.7 Å². The van der Waals surface area contributed by atoms with E-state index in [0.29, 0.717) is 28.4 Å². The molecule has 0 bridgehead atoms. The molecule has 0 unspecified atom stereocenters. The Balaban J connectivity index is 1.63. The summed E-state index contributed by atoms with van der Waals surface area (Å²) in [6.45, 7) is 0.614. The molecule has 0 radical (unpaired) electrons. The van der Waals surface area contributed by atoms with Gasteiger partial charge in [0.2, 0.25) is 5.95 Å². The number of hydrogen-bond donors (Lipinski definition) is 2. The fourth-order valence-corrected chi connectivity index (χ4v) is 2.80. The minimum atomic E-state index is -0.207. The van der Waals surface area contributed by atoms with Gasteiger partial charge in [-0.2, -0.15) is 5.10 Å². The van der Waals surface area contributed by atoms with E-state index in [2.05, 4.69) is 20.4 Å². The Kier molecular flexibility index (Phi) is 3.95. The minimum Gasteiger partial charge on any atom is -0.381 e. The average Bonchev–Trinajstić information content (AvgIpc) is 3.15. The molecule has 124 valence electrons. The zero-order valence-corrected chi connectivity index (χ0v) is 13.9. The molecule has 2 aromatic heterocycles. The molecular weight excluding hydrogens is 338 g/mol. The van der Waals surface area contributed by atoms with Crippen molar-refractivity contribution >= 4 is 28.2 Å².